The zero-order valence-electron chi connectivity index (χ0n) is 8.77. The predicted molar refractivity (Wildman–Crippen MR) is 65.5 cm³/mol. The quantitative estimate of drug-likeness (QED) is 0.800. The molecular weight excluding hydrogens is 248 g/mol. The molecule has 88 valence electrons. The van der Waals surface area contributed by atoms with Crippen molar-refractivity contribution in [1.29, 1.82) is 0 Å². The van der Waals surface area contributed by atoms with Crippen LogP contribution in [0.15, 0.2) is 23.1 Å². The van der Waals surface area contributed by atoms with Crippen molar-refractivity contribution in [3.63, 3.8) is 0 Å². The van der Waals surface area contributed by atoms with E-state index in [1.54, 1.807) is 19.1 Å². The number of hydrogen-bond donors (Lipinski definition) is 2. The molecule has 2 unspecified atom stereocenters. The van der Waals surface area contributed by atoms with Crippen LogP contribution in [0.1, 0.15) is 13.3 Å². The van der Waals surface area contributed by atoms with E-state index in [9.17, 15) is 9.00 Å². The van der Waals surface area contributed by atoms with Gasteiger partial charge in [0.2, 0.25) is 5.91 Å². The van der Waals surface area contributed by atoms with Crippen LogP contribution in [0.25, 0.3) is 0 Å². The van der Waals surface area contributed by atoms with E-state index in [1.807, 2.05) is 0 Å². The molecule has 0 bridgehead atoms. The first kappa shape index (κ1) is 13.0. The van der Waals surface area contributed by atoms with Crippen LogP contribution in [-0.4, -0.2) is 15.4 Å². The third-order valence-corrected chi connectivity index (χ3v) is 4.41. The predicted octanol–water partition coefficient (Wildman–Crippen LogP) is 1.29. The summed E-state index contributed by atoms with van der Waals surface area (Å²) in [5.74, 6) is -0.598. The van der Waals surface area contributed by atoms with E-state index >= 15 is 0 Å². The number of nitrogen functional groups attached to an aromatic ring is 1. The molecule has 0 saturated heterocycles. The standard InChI is InChI=1S/C10H13ClN2O2S/c1-2-8(10(13)14)16(15)9-5-6(12)3-4-7(9)11/h3-5,8H,2,12H2,1H3,(H2,13,14). The number of carbonyl (C=O) groups is 1. The van der Waals surface area contributed by atoms with E-state index in [4.69, 9.17) is 23.1 Å². The maximum atomic E-state index is 12.1. The smallest absolute Gasteiger partial charge is 0.233 e. The van der Waals surface area contributed by atoms with E-state index in [-0.39, 0.29) is 0 Å². The van der Waals surface area contributed by atoms with Crippen LogP contribution in [0, 0.1) is 0 Å². The first-order valence-electron chi connectivity index (χ1n) is 4.72. The Morgan fingerprint density at radius 1 is 1.56 bits per heavy atom. The van der Waals surface area contributed by atoms with Gasteiger partial charge in [-0.05, 0) is 24.6 Å². The zero-order chi connectivity index (χ0) is 12.3. The van der Waals surface area contributed by atoms with Gasteiger partial charge < -0.3 is 11.5 Å². The second-order valence-corrected chi connectivity index (χ2v) is 5.30. The van der Waals surface area contributed by atoms with Gasteiger partial charge in [-0.1, -0.05) is 18.5 Å². The van der Waals surface area contributed by atoms with Gasteiger partial charge in [0.25, 0.3) is 0 Å². The average molecular weight is 261 g/mol. The lowest BCUT2D eigenvalue weighted by Crippen LogP contribution is -2.32. The van der Waals surface area contributed by atoms with Gasteiger partial charge in [-0.2, -0.15) is 0 Å². The zero-order valence-corrected chi connectivity index (χ0v) is 10.3. The van der Waals surface area contributed by atoms with Crippen molar-refractivity contribution in [3.8, 4) is 0 Å². The van der Waals surface area contributed by atoms with Gasteiger partial charge in [0.1, 0.15) is 5.25 Å². The fourth-order valence-corrected chi connectivity index (χ4v) is 2.96. The summed E-state index contributed by atoms with van der Waals surface area (Å²) in [5.41, 5.74) is 11.2. The summed E-state index contributed by atoms with van der Waals surface area (Å²) in [5, 5.41) is -0.411. The van der Waals surface area contributed by atoms with Crippen molar-refractivity contribution in [2.75, 3.05) is 5.73 Å². The SMILES string of the molecule is CCC(C(N)=O)S(=O)c1cc(N)ccc1Cl. The van der Waals surface area contributed by atoms with E-state index in [2.05, 4.69) is 0 Å². The first-order chi connectivity index (χ1) is 7.47. The Morgan fingerprint density at radius 3 is 2.69 bits per heavy atom. The van der Waals surface area contributed by atoms with Crippen LogP contribution in [0.3, 0.4) is 0 Å². The highest BCUT2D eigenvalue weighted by molar-refractivity contribution is 7.86. The molecule has 1 rings (SSSR count). The summed E-state index contributed by atoms with van der Waals surface area (Å²) >= 11 is 5.90. The van der Waals surface area contributed by atoms with Gasteiger partial charge in [0.05, 0.1) is 20.7 Å². The van der Waals surface area contributed by atoms with Gasteiger partial charge in [-0.3, -0.25) is 9.00 Å². The number of hydrogen-bond acceptors (Lipinski definition) is 3. The normalized spacial score (nSPS) is 14.4. The summed E-state index contributed by atoms with van der Waals surface area (Å²) in [7, 11) is -1.56. The maximum Gasteiger partial charge on any atom is 0.233 e. The molecule has 1 aromatic carbocycles. The number of benzene rings is 1. The molecule has 0 aliphatic heterocycles. The van der Waals surface area contributed by atoms with Crippen molar-refractivity contribution in [3.05, 3.63) is 23.2 Å². The van der Waals surface area contributed by atoms with Crippen LogP contribution < -0.4 is 11.5 Å². The van der Waals surface area contributed by atoms with E-state index in [0.29, 0.717) is 22.0 Å². The van der Waals surface area contributed by atoms with E-state index in [0.717, 1.165) is 0 Å². The molecule has 16 heavy (non-hydrogen) atoms. The van der Waals surface area contributed by atoms with Gasteiger partial charge in [0, 0.05) is 5.69 Å². The Kier molecular flexibility index (Phi) is 4.32. The van der Waals surface area contributed by atoms with Crippen molar-refractivity contribution in [2.24, 2.45) is 5.73 Å². The van der Waals surface area contributed by atoms with Crippen molar-refractivity contribution in [2.45, 2.75) is 23.5 Å². The van der Waals surface area contributed by atoms with Gasteiger partial charge in [-0.15, -0.1) is 0 Å². The number of halogens is 1. The Bertz CT molecular complexity index is 437. The summed E-state index contributed by atoms with van der Waals surface area (Å²) in [6.45, 7) is 1.74. The fraction of sp³-hybridized carbons (Fsp3) is 0.300. The minimum absolute atomic E-state index is 0.326. The van der Waals surface area contributed by atoms with Crippen LogP contribution in [0.5, 0.6) is 0 Å². The molecule has 1 aromatic rings. The molecule has 6 heteroatoms. The number of anilines is 1. The topological polar surface area (TPSA) is 86.2 Å². The molecule has 4 nitrogen and oxygen atoms in total. The third kappa shape index (κ3) is 2.74. The largest absolute Gasteiger partial charge is 0.399 e. The average Bonchev–Trinajstić information content (AvgIpc) is 2.22. The molecule has 0 saturated carbocycles. The minimum Gasteiger partial charge on any atom is -0.399 e. The highest BCUT2D eigenvalue weighted by Gasteiger charge is 2.23. The lowest BCUT2D eigenvalue weighted by molar-refractivity contribution is -0.117. The molecule has 1 amide bonds. The lowest BCUT2D eigenvalue weighted by Gasteiger charge is -2.12. The molecule has 0 aromatic heterocycles. The number of primary amides is 1. The van der Waals surface area contributed by atoms with Crippen molar-refractivity contribution >= 4 is 34.0 Å². The lowest BCUT2D eigenvalue weighted by atomic mass is 10.3. The minimum atomic E-state index is -1.56. The molecule has 0 spiro atoms. The van der Waals surface area contributed by atoms with Gasteiger partial charge in [-0.25, -0.2) is 0 Å². The van der Waals surface area contributed by atoms with Crippen LogP contribution in [-0.2, 0) is 15.6 Å². The second kappa shape index (κ2) is 5.32. The molecular formula is C10H13ClN2O2S. The Morgan fingerprint density at radius 2 is 2.19 bits per heavy atom. The Labute approximate surface area is 101 Å². The maximum absolute atomic E-state index is 12.1. The number of nitrogens with two attached hydrogens (primary N) is 2. The Balaban J connectivity index is 3.12. The van der Waals surface area contributed by atoms with Crippen LogP contribution in [0.2, 0.25) is 5.02 Å². The first-order valence-corrected chi connectivity index (χ1v) is 6.31. The van der Waals surface area contributed by atoms with Crippen molar-refractivity contribution in [1.82, 2.24) is 0 Å². The summed E-state index contributed by atoms with van der Waals surface area (Å²) < 4.78 is 12.1. The van der Waals surface area contributed by atoms with Gasteiger partial charge >= 0.3 is 0 Å². The van der Waals surface area contributed by atoms with E-state index in [1.165, 1.54) is 6.07 Å². The second-order valence-electron chi connectivity index (χ2n) is 3.29. The molecule has 2 atom stereocenters. The molecule has 0 fully saturated rings. The number of carbonyl (C=O) groups excluding carboxylic acids is 1. The van der Waals surface area contributed by atoms with Crippen molar-refractivity contribution < 1.29 is 9.00 Å². The summed E-state index contributed by atoms with van der Waals surface area (Å²) in [6, 6.07) is 4.66. The summed E-state index contributed by atoms with van der Waals surface area (Å²) in [6.07, 6.45) is 0.396. The third-order valence-electron chi connectivity index (χ3n) is 2.12. The number of rotatable bonds is 4. The van der Waals surface area contributed by atoms with Crippen LogP contribution in [0.4, 0.5) is 5.69 Å². The summed E-state index contributed by atoms with van der Waals surface area (Å²) in [4.78, 5) is 11.5. The number of amides is 1. The molecule has 4 N–H and O–H groups in total. The molecule has 0 aliphatic carbocycles. The van der Waals surface area contributed by atoms with Crippen LogP contribution >= 0.6 is 11.6 Å². The highest BCUT2D eigenvalue weighted by atomic mass is 35.5. The monoisotopic (exact) mass is 260 g/mol. The molecule has 0 radical (unpaired) electrons. The van der Waals surface area contributed by atoms with E-state index < -0.39 is 22.0 Å². The Hall–Kier alpha value is -1.07. The fourth-order valence-electron chi connectivity index (χ4n) is 1.29. The molecule has 0 heterocycles. The van der Waals surface area contributed by atoms with Gasteiger partial charge in [0.15, 0.2) is 0 Å². The highest BCUT2D eigenvalue weighted by Crippen LogP contribution is 2.25. The molecule has 0 aliphatic rings.